The molecule has 2 aromatic rings. The summed E-state index contributed by atoms with van der Waals surface area (Å²) in [5.74, 6) is -1.70. The first kappa shape index (κ1) is 21.2. The van der Waals surface area contributed by atoms with E-state index >= 15 is 0 Å². The maximum absolute atomic E-state index is 12.8. The van der Waals surface area contributed by atoms with E-state index in [-0.39, 0.29) is 31.1 Å². The van der Waals surface area contributed by atoms with E-state index in [1.165, 1.54) is 24.3 Å². The molecule has 1 saturated heterocycles. The van der Waals surface area contributed by atoms with Crippen LogP contribution in [0.3, 0.4) is 0 Å². The second kappa shape index (κ2) is 9.31. The van der Waals surface area contributed by atoms with Crippen LogP contribution < -0.4 is 10.6 Å². The van der Waals surface area contributed by atoms with E-state index in [0.717, 1.165) is 9.87 Å². The van der Waals surface area contributed by atoms with Crippen LogP contribution in [0.25, 0.3) is 0 Å². The van der Waals surface area contributed by atoms with Crippen molar-refractivity contribution >= 4 is 33.4 Å². The highest BCUT2D eigenvalue weighted by molar-refractivity contribution is 7.89. The van der Waals surface area contributed by atoms with Gasteiger partial charge in [-0.2, -0.15) is 4.31 Å². The number of carbonyl (C=O) groups is 2. The van der Waals surface area contributed by atoms with Crippen LogP contribution in [-0.4, -0.2) is 55.4 Å². The summed E-state index contributed by atoms with van der Waals surface area (Å²) in [4.78, 5) is 27.9. The number of hydrogen-bond acceptors (Lipinski definition) is 6. The normalized spacial score (nSPS) is 17.1. The summed E-state index contributed by atoms with van der Waals surface area (Å²) in [5, 5.41) is 5.31. The van der Waals surface area contributed by atoms with Crippen LogP contribution in [0.1, 0.15) is 5.56 Å². The minimum Gasteiger partial charge on any atom is -0.359 e. The van der Waals surface area contributed by atoms with Gasteiger partial charge in [0.25, 0.3) is 0 Å². The van der Waals surface area contributed by atoms with Crippen LogP contribution in [0.2, 0.25) is 5.02 Å². The summed E-state index contributed by atoms with van der Waals surface area (Å²) in [6.45, 7) is 0.335. The lowest BCUT2D eigenvalue weighted by Crippen LogP contribution is -2.47. The molecular weight excluding hydrogens is 420 g/mol. The van der Waals surface area contributed by atoms with E-state index in [9.17, 15) is 18.0 Å². The van der Waals surface area contributed by atoms with Crippen molar-refractivity contribution in [1.29, 1.82) is 0 Å². The van der Waals surface area contributed by atoms with E-state index in [2.05, 4.69) is 15.6 Å². The van der Waals surface area contributed by atoms with Crippen LogP contribution in [0, 0.1) is 0 Å². The number of halogens is 1. The van der Waals surface area contributed by atoms with E-state index in [1.807, 2.05) is 0 Å². The van der Waals surface area contributed by atoms with E-state index in [0.29, 0.717) is 5.02 Å². The largest absolute Gasteiger partial charge is 0.359 e. The molecule has 9 nitrogen and oxygen atoms in total. The van der Waals surface area contributed by atoms with Crippen molar-refractivity contribution < 1.29 is 22.7 Å². The Morgan fingerprint density at radius 2 is 1.76 bits per heavy atom. The van der Waals surface area contributed by atoms with Crippen LogP contribution in [-0.2, 0) is 30.9 Å². The van der Waals surface area contributed by atoms with Gasteiger partial charge in [-0.15, -0.1) is 0 Å². The molecule has 0 bridgehead atoms. The van der Waals surface area contributed by atoms with Crippen LogP contribution in [0.4, 0.5) is 0 Å². The lowest BCUT2D eigenvalue weighted by atomic mass is 10.3. The Hall–Kier alpha value is -2.53. The minimum atomic E-state index is -3.83. The molecule has 0 unspecified atom stereocenters. The zero-order valence-corrected chi connectivity index (χ0v) is 16.8. The predicted octanol–water partition coefficient (Wildman–Crippen LogP) is 0.515. The third-order valence-corrected chi connectivity index (χ3v) is 6.36. The highest BCUT2D eigenvalue weighted by Gasteiger charge is 2.36. The average molecular weight is 439 g/mol. The standard InChI is InChI=1S/C18H19ClN4O5S/c19-14-1-3-15(4-2-14)29(26,27)23-9-10-28-16(23)12-22-18(25)17(24)21-11-13-5-7-20-8-6-13/h1-8,16H,9-12H2,(H,21,24)(H,22,25)/t16-/m0/s1. The average Bonchev–Trinajstić information content (AvgIpc) is 3.21. The van der Waals surface area contributed by atoms with Gasteiger partial charge in [0, 0.05) is 30.5 Å². The number of amides is 2. The van der Waals surface area contributed by atoms with Crippen molar-refractivity contribution in [2.75, 3.05) is 19.7 Å². The predicted molar refractivity (Wildman–Crippen MR) is 104 cm³/mol. The number of nitrogens with zero attached hydrogens (tertiary/aromatic N) is 2. The molecule has 1 fully saturated rings. The number of ether oxygens (including phenoxy) is 1. The van der Waals surface area contributed by atoms with Gasteiger partial charge in [0.2, 0.25) is 10.0 Å². The molecule has 3 rings (SSSR count). The molecule has 29 heavy (non-hydrogen) atoms. The Morgan fingerprint density at radius 3 is 2.45 bits per heavy atom. The molecule has 11 heteroatoms. The number of pyridine rings is 1. The topological polar surface area (TPSA) is 118 Å². The molecule has 0 radical (unpaired) electrons. The SMILES string of the molecule is O=C(NCc1ccncc1)C(=O)NC[C@@H]1OCCN1S(=O)(=O)c1ccc(Cl)cc1. The van der Waals surface area contributed by atoms with Gasteiger partial charge < -0.3 is 15.4 Å². The third-order valence-electron chi connectivity index (χ3n) is 4.21. The van der Waals surface area contributed by atoms with Crippen LogP contribution in [0.15, 0.2) is 53.7 Å². The molecule has 0 spiro atoms. The molecule has 0 saturated carbocycles. The number of nitrogens with one attached hydrogen (secondary N) is 2. The van der Waals surface area contributed by atoms with Crippen molar-refractivity contribution in [2.24, 2.45) is 0 Å². The van der Waals surface area contributed by atoms with Crippen molar-refractivity contribution in [3.63, 3.8) is 0 Å². The quantitative estimate of drug-likeness (QED) is 0.635. The molecule has 1 aliphatic rings. The first-order valence-electron chi connectivity index (χ1n) is 8.72. The number of benzene rings is 1. The third kappa shape index (κ3) is 5.30. The summed E-state index contributed by atoms with van der Waals surface area (Å²) >= 11 is 5.81. The summed E-state index contributed by atoms with van der Waals surface area (Å²) in [6.07, 6.45) is 2.25. The lowest BCUT2D eigenvalue weighted by molar-refractivity contribution is -0.139. The maximum Gasteiger partial charge on any atom is 0.309 e. The van der Waals surface area contributed by atoms with Gasteiger partial charge in [-0.3, -0.25) is 14.6 Å². The zero-order chi connectivity index (χ0) is 20.9. The number of hydrogen-bond donors (Lipinski definition) is 2. The van der Waals surface area contributed by atoms with Crippen molar-refractivity contribution in [3.8, 4) is 0 Å². The van der Waals surface area contributed by atoms with Gasteiger partial charge in [-0.25, -0.2) is 8.42 Å². The number of rotatable bonds is 6. The Balaban J connectivity index is 1.55. The molecule has 1 aliphatic heterocycles. The molecule has 2 heterocycles. The lowest BCUT2D eigenvalue weighted by Gasteiger charge is -2.22. The van der Waals surface area contributed by atoms with Gasteiger partial charge in [0.15, 0.2) is 0 Å². The molecule has 1 atom stereocenters. The summed E-state index contributed by atoms with van der Waals surface area (Å²) in [5.41, 5.74) is 0.792. The fourth-order valence-electron chi connectivity index (χ4n) is 2.71. The van der Waals surface area contributed by atoms with Crippen molar-refractivity contribution in [3.05, 3.63) is 59.4 Å². The molecular formula is C18H19ClN4O5S. The zero-order valence-electron chi connectivity index (χ0n) is 15.2. The molecule has 154 valence electrons. The van der Waals surface area contributed by atoms with Gasteiger partial charge in [0.05, 0.1) is 18.0 Å². The Bertz CT molecular complexity index is 970. The molecule has 2 N–H and O–H groups in total. The fraction of sp³-hybridized carbons (Fsp3) is 0.278. The minimum absolute atomic E-state index is 0.0684. The Morgan fingerprint density at radius 1 is 1.10 bits per heavy atom. The number of carbonyl (C=O) groups excluding carboxylic acids is 2. The maximum atomic E-state index is 12.8. The number of aromatic nitrogens is 1. The Labute approximate surface area is 173 Å². The van der Waals surface area contributed by atoms with E-state index < -0.39 is 28.1 Å². The van der Waals surface area contributed by atoms with Gasteiger partial charge in [-0.1, -0.05) is 11.6 Å². The van der Waals surface area contributed by atoms with Crippen molar-refractivity contribution in [1.82, 2.24) is 19.9 Å². The second-order valence-corrected chi connectivity index (χ2v) is 8.47. The molecule has 1 aromatic carbocycles. The molecule has 1 aromatic heterocycles. The second-order valence-electron chi connectivity index (χ2n) is 6.14. The van der Waals surface area contributed by atoms with Gasteiger partial charge in [0.1, 0.15) is 6.23 Å². The Kier molecular flexibility index (Phi) is 6.80. The fourth-order valence-corrected chi connectivity index (χ4v) is 4.34. The van der Waals surface area contributed by atoms with Gasteiger partial charge in [-0.05, 0) is 42.0 Å². The van der Waals surface area contributed by atoms with Crippen LogP contribution >= 0.6 is 11.6 Å². The summed E-state index contributed by atoms with van der Waals surface area (Å²) in [7, 11) is -3.83. The van der Waals surface area contributed by atoms with Crippen LogP contribution in [0.5, 0.6) is 0 Å². The molecule has 2 amide bonds. The monoisotopic (exact) mass is 438 g/mol. The first-order valence-corrected chi connectivity index (χ1v) is 10.5. The highest BCUT2D eigenvalue weighted by atomic mass is 35.5. The summed E-state index contributed by atoms with van der Waals surface area (Å²) < 4.78 is 32.2. The molecule has 0 aliphatic carbocycles. The van der Waals surface area contributed by atoms with E-state index in [1.54, 1.807) is 24.5 Å². The first-order chi connectivity index (χ1) is 13.9. The van der Waals surface area contributed by atoms with Gasteiger partial charge >= 0.3 is 11.8 Å². The highest BCUT2D eigenvalue weighted by Crippen LogP contribution is 2.23. The van der Waals surface area contributed by atoms with Crippen molar-refractivity contribution in [2.45, 2.75) is 17.7 Å². The number of sulfonamides is 1. The summed E-state index contributed by atoms with van der Waals surface area (Å²) in [6, 6.07) is 9.19. The van der Waals surface area contributed by atoms with E-state index in [4.69, 9.17) is 16.3 Å². The smallest absolute Gasteiger partial charge is 0.309 e.